The fourth-order valence-electron chi connectivity index (χ4n) is 0.876. The first-order valence-corrected chi connectivity index (χ1v) is 5.63. The SMILES string of the molecule is C=CN1C=CN(CCO)C1.O=P(O)(O)O. The summed E-state index contributed by atoms with van der Waals surface area (Å²) in [6.07, 6.45) is 5.63. The highest BCUT2D eigenvalue weighted by atomic mass is 31.2. The fourth-order valence-corrected chi connectivity index (χ4v) is 0.876. The molecule has 0 spiro atoms. The van der Waals surface area contributed by atoms with Crippen LogP contribution < -0.4 is 0 Å². The number of aliphatic hydroxyl groups excluding tert-OH is 1. The normalized spacial score (nSPS) is 14.9. The topological polar surface area (TPSA) is 104 Å². The first-order chi connectivity index (χ1) is 6.86. The summed E-state index contributed by atoms with van der Waals surface area (Å²) in [6, 6.07) is 0. The second-order valence-electron chi connectivity index (χ2n) is 2.69. The van der Waals surface area contributed by atoms with Crippen LogP contribution in [0.1, 0.15) is 0 Å². The van der Waals surface area contributed by atoms with E-state index in [4.69, 9.17) is 24.4 Å². The Balaban J connectivity index is 0.000000336. The van der Waals surface area contributed by atoms with E-state index in [1.54, 1.807) is 6.20 Å². The molecule has 8 heteroatoms. The van der Waals surface area contributed by atoms with Gasteiger partial charge in [-0.3, -0.25) is 0 Å². The molecule has 0 atom stereocenters. The number of hydrogen-bond donors (Lipinski definition) is 4. The van der Waals surface area contributed by atoms with E-state index in [9.17, 15) is 0 Å². The monoisotopic (exact) mass is 238 g/mol. The minimum absolute atomic E-state index is 0.204. The molecule has 1 heterocycles. The maximum atomic E-state index is 8.88. The van der Waals surface area contributed by atoms with Crippen LogP contribution in [0.3, 0.4) is 0 Å². The van der Waals surface area contributed by atoms with E-state index in [1.165, 1.54) is 0 Å². The van der Waals surface area contributed by atoms with E-state index < -0.39 is 7.82 Å². The van der Waals surface area contributed by atoms with Crippen LogP contribution in [0.4, 0.5) is 0 Å². The highest BCUT2D eigenvalue weighted by Crippen LogP contribution is 2.25. The summed E-state index contributed by atoms with van der Waals surface area (Å²) in [5.74, 6) is 0. The lowest BCUT2D eigenvalue weighted by atomic mass is 10.6. The first kappa shape index (κ1) is 14.2. The average molecular weight is 238 g/mol. The molecular formula is C7H15N2O5P. The van der Waals surface area contributed by atoms with Crippen LogP contribution in [0.25, 0.3) is 0 Å². The first-order valence-electron chi connectivity index (χ1n) is 4.06. The fraction of sp³-hybridized carbons (Fsp3) is 0.429. The van der Waals surface area contributed by atoms with E-state index in [-0.39, 0.29) is 6.61 Å². The number of hydrogen-bond acceptors (Lipinski definition) is 4. The molecule has 0 aliphatic carbocycles. The molecule has 0 amide bonds. The van der Waals surface area contributed by atoms with Crippen molar-refractivity contribution in [3.05, 3.63) is 25.2 Å². The molecule has 4 N–H and O–H groups in total. The Morgan fingerprint density at radius 3 is 2.27 bits per heavy atom. The van der Waals surface area contributed by atoms with Gasteiger partial charge < -0.3 is 29.6 Å². The number of nitrogens with zero attached hydrogens (tertiary/aromatic N) is 2. The van der Waals surface area contributed by atoms with Gasteiger partial charge in [-0.1, -0.05) is 6.58 Å². The lowest BCUT2D eigenvalue weighted by molar-refractivity contribution is 0.222. The maximum Gasteiger partial charge on any atom is 0.466 e. The van der Waals surface area contributed by atoms with Gasteiger partial charge in [-0.15, -0.1) is 0 Å². The molecule has 0 saturated heterocycles. The van der Waals surface area contributed by atoms with Crippen molar-refractivity contribution in [1.82, 2.24) is 9.80 Å². The summed E-state index contributed by atoms with van der Waals surface area (Å²) in [5.41, 5.74) is 0. The molecule has 0 saturated carbocycles. The highest BCUT2D eigenvalue weighted by Gasteiger charge is 2.07. The minimum atomic E-state index is -4.64. The molecule has 0 aromatic heterocycles. The van der Waals surface area contributed by atoms with Gasteiger partial charge in [0.15, 0.2) is 0 Å². The molecule has 0 aromatic carbocycles. The van der Waals surface area contributed by atoms with Gasteiger partial charge in [0.25, 0.3) is 0 Å². The van der Waals surface area contributed by atoms with Crippen LogP contribution in [0.15, 0.2) is 25.2 Å². The summed E-state index contributed by atoms with van der Waals surface area (Å²) in [4.78, 5) is 25.5. The van der Waals surface area contributed by atoms with Crippen LogP contribution in [-0.2, 0) is 4.57 Å². The van der Waals surface area contributed by atoms with E-state index >= 15 is 0 Å². The third kappa shape index (κ3) is 9.45. The van der Waals surface area contributed by atoms with Crippen molar-refractivity contribution in [2.75, 3.05) is 19.8 Å². The van der Waals surface area contributed by atoms with E-state index in [0.29, 0.717) is 6.54 Å². The number of aliphatic hydroxyl groups is 1. The lowest BCUT2D eigenvalue weighted by Crippen LogP contribution is -2.24. The van der Waals surface area contributed by atoms with E-state index in [2.05, 4.69) is 6.58 Å². The molecule has 1 rings (SSSR count). The molecule has 1 aliphatic rings. The van der Waals surface area contributed by atoms with Gasteiger partial charge in [0.05, 0.1) is 13.3 Å². The summed E-state index contributed by atoms with van der Waals surface area (Å²) >= 11 is 0. The van der Waals surface area contributed by atoms with Gasteiger partial charge in [-0.25, -0.2) is 4.57 Å². The van der Waals surface area contributed by atoms with Crippen molar-refractivity contribution in [2.24, 2.45) is 0 Å². The molecule has 15 heavy (non-hydrogen) atoms. The summed E-state index contributed by atoms with van der Waals surface area (Å²) < 4.78 is 8.88. The van der Waals surface area contributed by atoms with Crippen molar-refractivity contribution in [1.29, 1.82) is 0 Å². The Hall–Kier alpha value is -0.850. The molecule has 0 aromatic rings. The summed E-state index contributed by atoms with van der Waals surface area (Å²) in [6.45, 7) is 5.33. The third-order valence-electron chi connectivity index (χ3n) is 1.44. The molecule has 0 radical (unpaired) electrons. The zero-order chi connectivity index (χ0) is 11.9. The van der Waals surface area contributed by atoms with Crippen LogP contribution in [0.2, 0.25) is 0 Å². The van der Waals surface area contributed by atoms with Crippen molar-refractivity contribution < 1.29 is 24.4 Å². The maximum absolute atomic E-state index is 8.88. The zero-order valence-electron chi connectivity index (χ0n) is 8.10. The Kier molecular flexibility index (Phi) is 6.23. The molecule has 0 bridgehead atoms. The van der Waals surface area contributed by atoms with Gasteiger partial charge in [-0.05, 0) is 6.20 Å². The molecule has 88 valence electrons. The average Bonchev–Trinajstić information content (AvgIpc) is 2.50. The minimum Gasteiger partial charge on any atom is -0.395 e. The third-order valence-corrected chi connectivity index (χ3v) is 1.44. The second kappa shape index (κ2) is 6.60. The van der Waals surface area contributed by atoms with Crippen molar-refractivity contribution >= 4 is 7.82 Å². The predicted molar refractivity (Wildman–Crippen MR) is 54.1 cm³/mol. The largest absolute Gasteiger partial charge is 0.466 e. The molecular weight excluding hydrogens is 223 g/mol. The Labute approximate surface area is 87.8 Å². The number of phosphoric acid groups is 1. The smallest absolute Gasteiger partial charge is 0.395 e. The molecule has 7 nitrogen and oxygen atoms in total. The van der Waals surface area contributed by atoms with Crippen molar-refractivity contribution in [3.63, 3.8) is 0 Å². The van der Waals surface area contributed by atoms with Crippen LogP contribution in [0, 0.1) is 0 Å². The molecule has 0 fully saturated rings. The predicted octanol–water partition coefficient (Wildman–Crippen LogP) is -0.760. The van der Waals surface area contributed by atoms with Gasteiger partial charge in [0, 0.05) is 18.9 Å². The molecule has 1 aliphatic heterocycles. The van der Waals surface area contributed by atoms with Crippen LogP contribution in [-0.4, -0.2) is 49.4 Å². The Morgan fingerprint density at radius 2 is 1.93 bits per heavy atom. The number of rotatable bonds is 3. The quantitative estimate of drug-likeness (QED) is 0.479. The van der Waals surface area contributed by atoms with Gasteiger partial charge in [0.2, 0.25) is 0 Å². The van der Waals surface area contributed by atoms with Gasteiger partial charge in [-0.2, -0.15) is 0 Å². The van der Waals surface area contributed by atoms with Gasteiger partial charge >= 0.3 is 7.82 Å². The Morgan fingerprint density at radius 1 is 1.40 bits per heavy atom. The van der Waals surface area contributed by atoms with E-state index in [1.807, 2.05) is 22.2 Å². The summed E-state index contributed by atoms with van der Waals surface area (Å²) in [5, 5.41) is 8.57. The Bertz CT molecular complexity index is 256. The van der Waals surface area contributed by atoms with Crippen LogP contribution in [0.5, 0.6) is 0 Å². The zero-order valence-corrected chi connectivity index (χ0v) is 8.99. The summed E-state index contributed by atoms with van der Waals surface area (Å²) in [7, 11) is -4.64. The standard InChI is InChI=1S/C7H12N2O.H3O4P/c1-2-8-3-4-9(7-8)5-6-10;1-5(2,3)4/h2-4,10H,1,5-7H2;(H3,1,2,3,4). The van der Waals surface area contributed by atoms with Crippen LogP contribution >= 0.6 is 7.82 Å². The van der Waals surface area contributed by atoms with Crippen molar-refractivity contribution in [3.8, 4) is 0 Å². The second-order valence-corrected chi connectivity index (χ2v) is 3.71. The number of β-amino-alcohol motifs (C(OH)–C–C–N with tert-alkyl or cyclic N) is 1. The highest BCUT2D eigenvalue weighted by molar-refractivity contribution is 7.45. The van der Waals surface area contributed by atoms with Gasteiger partial charge in [0.1, 0.15) is 0 Å². The van der Waals surface area contributed by atoms with Crippen molar-refractivity contribution in [2.45, 2.75) is 0 Å². The lowest BCUT2D eigenvalue weighted by Gasteiger charge is -2.16. The van der Waals surface area contributed by atoms with E-state index in [0.717, 1.165) is 6.67 Å². The molecule has 0 unspecified atom stereocenters.